The fourth-order valence-corrected chi connectivity index (χ4v) is 4.51. The Hall–Kier alpha value is -1.80. The molecule has 0 spiro atoms. The molecule has 2 N–H and O–H groups in total. The van der Waals surface area contributed by atoms with Crippen LogP contribution in [0.1, 0.15) is 43.6 Å². The summed E-state index contributed by atoms with van der Waals surface area (Å²) in [7, 11) is 0. The topological polar surface area (TPSA) is 51.4 Å². The van der Waals surface area contributed by atoms with E-state index in [2.05, 4.69) is 16.8 Å². The average molecular weight is 399 g/mol. The quantitative estimate of drug-likeness (QED) is 0.727. The monoisotopic (exact) mass is 399 g/mol. The Bertz CT molecular complexity index is 791. The van der Waals surface area contributed by atoms with Gasteiger partial charge in [-0.1, -0.05) is 6.92 Å². The van der Waals surface area contributed by atoms with Crippen LogP contribution in [0, 0.1) is 0 Å². The van der Waals surface area contributed by atoms with Gasteiger partial charge < -0.3 is 10.5 Å². The van der Waals surface area contributed by atoms with Gasteiger partial charge in [-0.25, -0.2) is 4.98 Å². The first-order valence-electron chi connectivity index (χ1n) is 9.17. The lowest BCUT2D eigenvalue weighted by atomic mass is 10.1. The second-order valence-electron chi connectivity index (χ2n) is 6.64. The van der Waals surface area contributed by atoms with Crippen molar-refractivity contribution in [3.05, 3.63) is 28.6 Å². The molecule has 2 heterocycles. The summed E-state index contributed by atoms with van der Waals surface area (Å²) in [5, 5.41) is 0.370. The van der Waals surface area contributed by atoms with Gasteiger partial charge in [-0.2, -0.15) is 13.2 Å². The minimum absolute atomic E-state index is 0.163. The molecule has 0 amide bonds. The number of benzene rings is 1. The fourth-order valence-electron chi connectivity index (χ4n) is 3.63. The molecule has 1 aliphatic heterocycles. The van der Waals surface area contributed by atoms with Crippen molar-refractivity contribution in [1.82, 2.24) is 9.88 Å². The summed E-state index contributed by atoms with van der Waals surface area (Å²) in [4.78, 5) is 7.61. The molecule has 4 nitrogen and oxygen atoms in total. The molecule has 1 aromatic heterocycles. The van der Waals surface area contributed by atoms with E-state index >= 15 is 0 Å². The van der Waals surface area contributed by atoms with Crippen molar-refractivity contribution in [3.63, 3.8) is 0 Å². The number of hydrogen-bond acceptors (Lipinski definition) is 5. The van der Waals surface area contributed by atoms with Crippen molar-refractivity contribution >= 4 is 16.5 Å². The van der Waals surface area contributed by atoms with Gasteiger partial charge in [0.05, 0.1) is 17.9 Å². The third-order valence-corrected chi connectivity index (χ3v) is 5.76. The number of thiazole rings is 1. The van der Waals surface area contributed by atoms with E-state index in [1.807, 2.05) is 0 Å². The molecule has 0 unspecified atom stereocenters. The molecule has 0 aliphatic carbocycles. The molecule has 0 bridgehead atoms. The molecule has 2 aromatic rings. The van der Waals surface area contributed by atoms with Crippen LogP contribution >= 0.6 is 11.3 Å². The molecule has 1 fully saturated rings. The minimum atomic E-state index is -4.50. The van der Waals surface area contributed by atoms with Crippen LogP contribution in [-0.2, 0) is 12.7 Å². The highest BCUT2D eigenvalue weighted by Crippen LogP contribution is 2.40. The predicted molar refractivity (Wildman–Crippen MR) is 102 cm³/mol. The largest absolute Gasteiger partial charge is 0.493 e. The zero-order chi connectivity index (χ0) is 19.6. The zero-order valence-corrected chi connectivity index (χ0v) is 16.3. The lowest BCUT2D eigenvalue weighted by Crippen LogP contribution is -2.28. The van der Waals surface area contributed by atoms with Crippen LogP contribution in [0.25, 0.3) is 11.3 Å². The van der Waals surface area contributed by atoms with Crippen molar-refractivity contribution in [2.24, 2.45) is 0 Å². The maximum atomic E-state index is 13.5. The highest BCUT2D eigenvalue weighted by Gasteiger charge is 2.35. The van der Waals surface area contributed by atoms with E-state index in [1.165, 1.54) is 17.4 Å². The third kappa shape index (κ3) is 4.38. The number of rotatable bonds is 6. The van der Waals surface area contributed by atoms with Crippen molar-refractivity contribution in [1.29, 1.82) is 0 Å². The Kier molecular flexibility index (Phi) is 5.95. The Labute approximate surface area is 161 Å². The van der Waals surface area contributed by atoms with E-state index < -0.39 is 11.7 Å². The Balaban J connectivity index is 1.97. The Morgan fingerprint density at radius 2 is 2.11 bits per heavy atom. The molecule has 1 atom stereocenters. The molecule has 1 saturated heterocycles. The first kappa shape index (κ1) is 19.9. The minimum Gasteiger partial charge on any atom is -0.493 e. The summed E-state index contributed by atoms with van der Waals surface area (Å²) in [5.74, 6) is -0.163. The highest BCUT2D eigenvalue weighted by atomic mass is 32.1. The van der Waals surface area contributed by atoms with E-state index in [0.717, 1.165) is 36.8 Å². The van der Waals surface area contributed by atoms with Gasteiger partial charge in [-0.15, -0.1) is 11.3 Å². The smallest absolute Gasteiger partial charge is 0.419 e. The summed E-state index contributed by atoms with van der Waals surface area (Å²) in [5.41, 5.74) is 6.07. The fraction of sp³-hybridized carbons (Fsp3) is 0.526. The second kappa shape index (κ2) is 8.06. The highest BCUT2D eigenvalue weighted by molar-refractivity contribution is 7.15. The lowest BCUT2D eigenvalue weighted by molar-refractivity contribution is -0.138. The maximum absolute atomic E-state index is 13.5. The van der Waals surface area contributed by atoms with Gasteiger partial charge in [0, 0.05) is 23.0 Å². The van der Waals surface area contributed by atoms with Crippen molar-refractivity contribution < 1.29 is 17.9 Å². The van der Waals surface area contributed by atoms with Crippen LogP contribution in [0.2, 0.25) is 0 Å². The number of ether oxygens (including phenoxy) is 1. The van der Waals surface area contributed by atoms with Gasteiger partial charge >= 0.3 is 6.18 Å². The van der Waals surface area contributed by atoms with Crippen LogP contribution in [0.5, 0.6) is 5.75 Å². The molecule has 27 heavy (non-hydrogen) atoms. The van der Waals surface area contributed by atoms with Crippen LogP contribution < -0.4 is 10.5 Å². The Morgan fingerprint density at radius 3 is 2.78 bits per heavy atom. The van der Waals surface area contributed by atoms with Crippen molar-refractivity contribution in [3.8, 4) is 17.0 Å². The van der Waals surface area contributed by atoms with Gasteiger partial charge in [-0.3, -0.25) is 4.90 Å². The number of hydrogen-bond donors (Lipinski definition) is 1. The van der Waals surface area contributed by atoms with Gasteiger partial charge in [0.1, 0.15) is 5.75 Å². The van der Waals surface area contributed by atoms with Crippen molar-refractivity contribution in [2.45, 2.75) is 51.9 Å². The summed E-state index contributed by atoms with van der Waals surface area (Å²) in [6.07, 6.45) is -1.14. The standard InChI is InChI=1S/C19H24F3N3OS/c1-3-13-6-5-9-25(13)11-16-17(24-18(23)27-16)12-7-8-15(26-4-2)14(10-12)19(20,21)22/h7-8,10,13H,3-6,9,11H2,1-2H3,(H2,23,24)/t13-/m1/s1. The molecule has 1 aliphatic rings. The number of alkyl halides is 3. The summed E-state index contributed by atoms with van der Waals surface area (Å²) in [6.45, 7) is 5.65. The number of anilines is 1. The number of halogens is 3. The molecule has 0 saturated carbocycles. The summed E-state index contributed by atoms with van der Waals surface area (Å²) < 4.78 is 45.6. The zero-order valence-electron chi connectivity index (χ0n) is 15.5. The van der Waals surface area contributed by atoms with Gasteiger partial charge in [-0.05, 0) is 50.9 Å². The van der Waals surface area contributed by atoms with Gasteiger partial charge in [0.2, 0.25) is 0 Å². The van der Waals surface area contributed by atoms with Gasteiger partial charge in [0.15, 0.2) is 5.13 Å². The molecule has 148 valence electrons. The third-order valence-electron chi connectivity index (χ3n) is 4.89. The van der Waals surface area contributed by atoms with Crippen molar-refractivity contribution in [2.75, 3.05) is 18.9 Å². The number of aromatic nitrogens is 1. The molecular weight excluding hydrogens is 375 g/mol. The number of nitrogens with zero attached hydrogens (tertiary/aromatic N) is 2. The predicted octanol–water partition coefficient (Wildman–Crippen LogP) is 5.18. The lowest BCUT2D eigenvalue weighted by Gasteiger charge is -2.23. The van der Waals surface area contributed by atoms with E-state index in [0.29, 0.717) is 29.0 Å². The van der Waals surface area contributed by atoms with E-state index in [1.54, 1.807) is 13.0 Å². The van der Waals surface area contributed by atoms with E-state index in [-0.39, 0.29) is 12.4 Å². The normalized spacial score (nSPS) is 18.2. The van der Waals surface area contributed by atoms with E-state index in [9.17, 15) is 13.2 Å². The van der Waals surface area contributed by atoms with Crippen LogP contribution in [0.3, 0.4) is 0 Å². The molecule has 1 aromatic carbocycles. The number of nitrogens with two attached hydrogens (primary N) is 1. The van der Waals surface area contributed by atoms with Gasteiger partial charge in [0.25, 0.3) is 0 Å². The van der Waals surface area contributed by atoms with Crippen LogP contribution in [0.15, 0.2) is 18.2 Å². The molecule has 0 radical (unpaired) electrons. The van der Waals surface area contributed by atoms with E-state index in [4.69, 9.17) is 10.5 Å². The average Bonchev–Trinajstić information content (AvgIpc) is 3.21. The number of nitrogen functional groups attached to an aromatic ring is 1. The first-order valence-corrected chi connectivity index (χ1v) is 9.98. The molecule has 8 heteroatoms. The molecule has 3 rings (SSSR count). The number of likely N-dealkylation sites (tertiary alicyclic amines) is 1. The van der Waals surface area contributed by atoms with Crippen LogP contribution in [-0.4, -0.2) is 29.1 Å². The van der Waals surface area contributed by atoms with Crippen LogP contribution in [0.4, 0.5) is 18.3 Å². The maximum Gasteiger partial charge on any atom is 0.419 e. The Morgan fingerprint density at radius 1 is 1.33 bits per heavy atom. The second-order valence-corrected chi connectivity index (χ2v) is 7.76. The summed E-state index contributed by atoms with van der Waals surface area (Å²) >= 11 is 1.35. The molecular formula is C19H24F3N3OS. The first-order chi connectivity index (χ1) is 12.8. The summed E-state index contributed by atoms with van der Waals surface area (Å²) in [6, 6.07) is 4.61. The SMILES string of the molecule is CCOc1ccc(-c2nc(N)sc2CN2CCC[C@H]2CC)cc1C(F)(F)F.